The summed E-state index contributed by atoms with van der Waals surface area (Å²) in [5, 5.41) is -0.259. The number of sulfone groups is 1. The molecule has 1 unspecified atom stereocenters. The Balaban J connectivity index is 1.76. The Hall–Kier alpha value is -1.40. The number of rotatable bonds is 3. The highest BCUT2D eigenvalue weighted by Gasteiger charge is 2.30. The minimum absolute atomic E-state index is 0.0472. The van der Waals surface area contributed by atoms with E-state index in [-0.39, 0.29) is 17.2 Å². The van der Waals surface area contributed by atoms with Crippen LogP contribution < -0.4 is 5.73 Å². The minimum Gasteiger partial charge on any atom is -0.337 e. The number of benzene rings is 1. The van der Waals surface area contributed by atoms with E-state index >= 15 is 0 Å². The lowest BCUT2D eigenvalue weighted by molar-refractivity contribution is 0.0791. The van der Waals surface area contributed by atoms with Crippen LogP contribution in [-0.4, -0.2) is 43.6 Å². The van der Waals surface area contributed by atoms with Gasteiger partial charge in [0.25, 0.3) is 5.91 Å². The highest BCUT2D eigenvalue weighted by molar-refractivity contribution is 7.92. The average Bonchev–Trinajstić information content (AvgIpc) is 3.18. The molecule has 0 bridgehead atoms. The maximum Gasteiger partial charge on any atom is 0.253 e. The molecule has 1 aromatic carbocycles. The third-order valence-corrected chi connectivity index (χ3v) is 6.96. The number of carbonyl (C=O) groups excluding carboxylic acids is 1. The second-order valence-corrected chi connectivity index (χ2v) is 8.50. The smallest absolute Gasteiger partial charge is 0.253 e. The SMILES string of the molecule is NC1CCN(C(=O)c2ccc(S(=O)(=O)C3CCCC3)cc2)C1. The van der Waals surface area contributed by atoms with Crippen LogP contribution in [0.4, 0.5) is 0 Å². The number of nitrogens with zero attached hydrogens (tertiary/aromatic N) is 1. The Morgan fingerprint density at radius 1 is 1.09 bits per heavy atom. The van der Waals surface area contributed by atoms with E-state index < -0.39 is 9.84 Å². The predicted molar refractivity (Wildman–Crippen MR) is 84.4 cm³/mol. The summed E-state index contributed by atoms with van der Waals surface area (Å²) in [4.78, 5) is 14.4. The van der Waals surface area contributed by atoms with Crippen molar-refractivity contribution in [2.45, 2.75) is 48.3 Å². The monoisotopic (exact) mass is 322 g/mol. The van der Waals surface area contributed by atoms with Crippen molar-refractivity contribution >= 4 is 15.7 Å². The molecule has 5 nitrogen and oxygen atoms in total. The van der Waals surface area contributed by atoms with Gasteiger partial charge in [-0.3, -0.25) is 4.79 Å². The predicted octanol–water partition coefficient (Wildman–Crippen LogP) is 1.58. The number of carbonyl (C=O) groups is 1. The van der Waals surface area contributed by atoms with Crippen LogP contribution in [0.25, 0.3) is 0 Å². The van der Waals surface area contributed by atoms with Gasteiger partial charge in [-0.2, -0.15) is 0 Å². The van der Waals surface area contributed by atoms with Crippen molar-refractivity contribution in [3.63, 3.8) is 0 Å². The Labute approximate surface area is 131 Å². The molecule has 1 aromatic rings. The summed E-state index contributed by atoms with van der Waals surface area (Å²) in [6.07, 6.45) is 4.27. The summed E-state index contributed by atoms with van der Waals surface area (Å²) in [7, 11) is -3.25. The fourth-order valence-electron chi connectivity index (χ4n) is 3.33. The second-order valence-electron chi connectivity index (χ2n) is 6.28. The molecule has 6 heteroatoms. The second kappa shape index (κ2) is 6.01. The largest absolute Gasteiger partial charge is 0.337 e. The van der Waals surface area contributed by atoms with E-state index in [2.05, 4.69) is 0 Å². The zero-order chi connectivity index (χ0) is 15.7. The Bertz CT molecular complexity index is 648. The maximum absolute atomic E-state index is 12.5. The summed E-state index contributed by atoms with van der Waals surface area (Å²) in [5.74, 6) is -0.0715. The van der Waals surface area contributed by atoms with E-state index in [0.717, 1.165) is 32.1 Å². The first-order chi connectivity index (χ1) is 10.5. The van der Waals surface area contributed by atoms with E-state index in [1.54, 1.807) is 29.2 Å². The minimum atomic E-state index is -3.25. The van der Waals surface area contributed by atoms with Gasteiger partial charge in [-0.25, -0.2) is 8.42 Å². The van der Waals surface area contributed by atoms with E-state index in [1.807, 2.05) is 0 Å². The lowest BCUT2D eigenvalue weighted by atomic mass is 10.2. The molecule has 0 spiro atoms. The van der Waals surface area contributed by atoms with Crippen LogP contribution in [0.15, 0.2) is 29.2 Å². The van der Waals surface area contributed by atoms with Crippen molar-refractivity contribution in [2.75, 3.05) is 13.1 Å². The van der Waals surface area contributed by atoms with Crippen molar-refractivity contribution in [1.82, 2.24) is 4.90 Å². The summed E-state index contributed by atoms with van der Waals surface area (Å²) in [6, 6.07) is 6.42. The van der Waals surface area contributed by atoms with Gasteiger partial charge in [0.1, 0.15) is 0 Å². The first-order valence-electron chi connectivity index (χ1n) is 7.87. The number of hydrogen-bond donors (Lipinski definition) is 1. The highest BCUT2D eigenvalue weighted by Crippen LogP contribution is 2.29. The zero-order valence-corrected chi connectivity index (χ0v) is 13.4. The van der Waals surface area contributed by atoms with Gasteiger partial charge in [0.15, 0.2) is 9.84 Å². The maximum atomic E-state index is 12.5. The molecule has 2 N–H and O–H groups in total. The van der Waals surface area contributed by atoms with Gasteiger partial charge in [-0.15, -0.1) is 0 Å². The molecular weight excluding hydrogens is 300 g/mol. The fourth-order valence-corrected chi connectivity index (χ4v) is 5.19. The molecule has 1 saturated heterocycles. The van der Waals surface area contributed by atoms with Gasteiger partial charge < -0.3 is 10.6 Å². The molecule has 1 atom stereocenters. The standard InChI is InChI=1S/C16H22N2O3S/c17-13-9-10-18(11-13)16(19)12-5-7-15(8-6-12)22(20,21)14-3-1-2-4-14/h5-8,13-14H,1-4,9-11,17H2. The van der Waals surface area contributed by atoms with Gasteiger partial charge >= 0.3 is 0 Å². The van der Waals surface area contributed by atoms with Crippen LogP contribution in [0.2, 0.25) is 0 Å². The molecular formula is C16H22N2O3S. The zero-order valence-electron chi connectivity index (χ0n) is 12.6. The third kappa shape index (κ3) is 2.90. The van der Waals surface area contributed by atoms with E-state index in [4.69, 9.17) is 5.73 Å². The lowest BCUT2D eigenvalue weighted by Crippen LogP contribution is -2.31. The van der Waals surface area contributed by atoms with Crippen LogP contribution in [0.3, 0.4) is 0 Å². The van der Waals surface area contributed by atoms with Crippen LogP contribution >= 0.6 is 0 Å². The Kier molecular flexibility index (Phi) is 4.23. The van der Waals surface area contributed by atoms with E-state index in [1.165, 1.54) is 0 Å². The molecule has 120 valence electrons. The molecule has 1 aliphatic heterocycles. The third-order valence-electron chi connectivity index (χ3n) is 4.68. The van der Waals surface area contributed by atoms with Gasteiger partial charge in [0.2, 0.25) is 0 Å². The highest BCUT2D eigenvalue weighted by atomic mass is 32.2. The van der Waals surface area contributed by atoms with Gasteiger partial charge in [0.05, 0.1) is 10.1 Å². The quantitative estimate of drug-likeness (QED) is 0.916. The van der Waals surface area contributed by atoms with Crippen molar-refractivity contribution < 1.29 is 13.2 Å². The summed E-state index contributed by atoms with van der Waals surface area (Å²) >= 11 is 0. The van der Waals surface area contributed by atoms with Gasteiger partial charge in [-0.05, 0) is 43.5 Å². The number of likely N-dealkylation sites (tertiary alicyclic amines) is 1. The van der Waals surface area contributed by atoms with Crippen LogP contribution in [0, 0.1) is 0 Å². The van der Waals surface area contributed by atoms with E-state index in [0.29, 0.717) is 23.5 Å². The molecule has 1 saturated carbocycles. The summed E-state index contributed by atoms with van der Waals surface area (Å²) in [5.41, 5.74) is 6.35. The molecule has 1 amide bonds. The molecule has 0 radical (unpaired) electrons. The van der Waals surface area contributed by atoms with Crippen molar-refractivity contribution in [3.05, 3.63) is 29.8 Å². The number of nitrogens with two attached hydrogens (primary N) is 1. The van der Waals surface area contributed by atoms with Crippen molar-refractivity contribution in [1.29, 1.82) is 0 Å². The first kappa shape index (κ1) is 15.5. The molecule has 1 heterocycles. The van der Waals surface area contributed by atoms with Crippen molar-refractivity contribution in [2.24, 2.45) is 5.73 Å². The van der Waals surface area contributed by atoms with E-state index in [9.17, 15) is 13.2 Å². The van der Waals surface area contributed by atoms with Gasteiger partial charge in [0, 0.05) is 24.7 Å². The Morgan fingerprint density at radius 3 is 2.27 bits per heavy atom. The molecule has 22 heavy (non-hydrogen) atoms. The van der Waals surface area contributed by atoms with Crippen LogP contribution in [0.5, 0.6) is 0 Å². The molecule has 2 fully saturated rings. The number of hydrogen-bond acceptors (Lipinski definition) is 4. The topological polar surface area (TPSA) is 80.5 Å². The molecule has 1 aliphatic carbocycles. The normalized spacial score (nSPS) is 23.1. The number of amides is 1. The lowest BCUT2D eigenvalue weighted by Gasteiger charge is -2.16. The summed E-state index contributed by atoms with van der Waals surface area (Å²) in [6.45, 7) is 1.24. The molecule has 0 aromatic heterocycles. The Morgan fingerprint density at radius 2 is 1.73 bits per heavy atom. The summed E-state index contributed by atoms with van der Waals surface area (Å²) < 4.78 is 25.0. The van der Waals surface area contributed by atoms with Crippen LogP contribution in [0.1, 0.15) is 42.5 Å². The van der Waals surface area contributed by atoms with Gasteiger partial charge in [-0.1, -0.05) is 12.8 Å². The fraction of sp³-hybridized carbons (Fsp3) is 0.562. The molecule has 2 aliphatic rings. The first-order valence-corrected chi connectivity index (χ1v) is 9.42. The molecule has 3 rings (SSSR count). The van der Waals surface area contributed by atoms with Crippen LogP contribution in [-0.2, 0) is 9.84 Å². The average molecular weight is 322 g/mol. The van der Waals surface area contributed by atoms with Crippen molar-refractivity contribution in [3.8, 4) is 0 Å².